The number of benzene rings is 1. The molecular formula is C18H22N4O3S. The molecule has 0 spiro atoms. The van der Waals surface area contributed by atoms with Crippen molar-refractivity contribution in [2.45, 2.75) is 33.1 Å². The lowest BCUT2D eigenvalue weighted by Crippen LogP contribution is -2.33. The van der Waals surface area contributed by atoms with Crippen molar-refractivity contribution in [3.63, 3.8) is 0 Å². The van der Waals surface area contributed by atoms with Crippen molar-refractivity contribution < 1.29 is 12.8 Å². The van der Waals surface area contributed by atoms with E-state index in [1.54, 1.807) is 0 Å². The number of hydrogen-bond donors (Lipinski definition) is 1. The highest BCUT2D eigenvalue weighted by Gasteiger charge is 2.21. The molecular weight excluding hydrogens is 352 g/mol. The van der Waals surface area contributed by atoms with Crippen LogP contribution >= 0.6 is 0 Å². The third-order valence-corrected chi connectivity index (χ3v) is 5.42. The fourth-order valence-electron chi connectivity index (χ4n) is 3.39. The monoisotopic (exact) mass is 374 g/mol. The minimum Gasteiger partial charge on any atom is -0.459 e. The first-order valence-corrected chi connectivity index (χ1v) is 10.5. The number of furan rings is 1. The average molecular weight is 374 g/mol. The maximum absolute atomic E-state index is 11.2. The second-order valence-corrected chi connectivity index (χ2v) is 8.63. The molecule has 1 aliphatic heterocycles. The van der Waals surface area contributed by atoms with E-state index < -0.39 is 10.0 Å². The highest BCUT2D eigenvalue weighted by atomic mass is 32.2. The summed E-state index contributed by atoms with van der Waals surface area (Å²) in [5.41, 5.74) is 3.96. The molecule has 1 aromatic carbocycles. The molecule has 0 amide bonds. The predicted molar refractivity (Wildman–Crippen MR) is 99.0 cm³/mol. The summed E-state index contributed by atoms with van der Waals surface area (Å²) in [6.45, 7) is 5.51. The number of aromatic nitrogens is 2. The lowest BCUT2D eigenvalue weighted by Gasteiger charge is -2.26. The first-order chi connectivity index (χ1) is 12.4. The van der Waals surface area contributed by atoms with Crippen LogP contribution in [0.15, 0.2) is 34.7 Å². The van der Waals surface area contributed by atoms with E-state index in [0.29, 0.717) is 0 Å². The number of rotatable bonds is 5. The van der Waals surface area contributed by atoms with Crippen LogP contribution in [0.4, 0.5) is 0 Å². The summed E-state index contributed by atoms with van der Waals surface area (Å²) in [4.78, 5) is 2.33. The summed E-state index contributed by atoms with van der Waals surface area (Å²) >= 11 is 0. The SMILES string of the molecule is Cc1c(CN2CCn3nc(CNS(C)(=O)=O)cc3C2)oc2ccccc12. The zero-order valence-electron chi connectivity index (χ0n) is 14.9. The molecule has 0 radical (unpaired) electrons. The molecule has 2 aromatic heterocycles. The van der Waals surface area contributed by atoms with E-state index in [2.05, 4.69) is 27.7 Å². The van der Waals surface area contributed by atoms with Gasteiger partial charge in [-0.25, -0.2) is 13.1 Å². The molecule has 0 atom stereocenters. The summed E-state index contributed by atoms with van der Waals surface area (Å²) in [5.74, 6) is 0.998. The van der Waals surface area contributed by atoms with E-state index in [0.717, 1.165) is 55.2 Å². The topological polar surface area (TPSA) is 80.4 Å². The standard InChI is InChI=1S/C18H22N4O3S/c1-13-16-5-3-4-6-17(16)25-18(13)12-21-7-8-22-15(11-21)9-14(20-22)10-19-26(2,23)24/h3-6,9,19H,7-8,10-12H2,1-2H3. The second-order valence-electron chi connectivity index (χ2n) is 6.80. The number of aryl methyl sites for hydroxylation is 1. The van der Waals surface area contributed by atoms with Crippen LogP contribution in [0.2, 0.25) is 0 Å². The summed E-state index contributed by atoms with van der Waals surface area (Å²) in [7, 11) is -3.21. The summed E-state index contributed by atoms with van der Waals surface area (Å²) in [6.07, 6.45) is 1.15. The van der Waals surface area contributed by atoms with Crippen LogP contribution in [0.3, 0.4) is 0 Å². The number of sulfonamides is 1. The number of para-hydroxylation sites is 1. The minimum atomic E-state index is -3.21. The summed E-state index contributed by atoms with van der Waals surface area (Å²) < 4.78 is 33.0. The second kappa shape index (κ2) is 6.53. The van der Waals surface area contributed by atoms with E-state index in [9.17, 15) is 8.42 Å². The molecule has 0 saturated heterocycles. The van der Waals surface area contributed by atoms with E-state index >= 15 is 0 Å². The van der Waals surface area contributed by atoms with E-state index in [4.69, 9.17) is 4.42 Å². The van der Waals surface area contributed by atoms with Gasteiger partial charge in [-0.2, -0.15) is 5.10 Å². The average Bonchev–Trinajstić information content (AvgIpc) is 3.14. The largest absolute Gasteiger partial charge is 0.459 e. The van der Waals surface area contributed by atoms with Crippen LogP contribution in [-0.2, 0) is 36.2 Å². The Bertz CT molecular complexity index is 1050. The van der Waals surface area contributed by atoms with Crippen LogP contribution in [-0.4, -0.2) is 35.9 Å². The van der Waals surface area contributed by atoms with Gasteiger partial charge in [0.25, 0.3) is 0 Å². The number of hydrogen-bond acceptors (Lipinski definition) is 5. The van der Waals surface area contributed by atoms with Gasteiger partial charge in [-0.15, -0.1) is 0 Å². The Morgan fingerprint density at radius 2 is 2.08 bits per heavy atom. The Morgan fingerprint density at radius 3 is 2.85 bits per heavy atom. The lowest BCUT2D eigenvalue weighted by molar-refractivity contribution is 0.191. The minimum absolute atomic E-state index is 0.224. The molecule has 138 valence electrons. The van der Waals surface area contributed by atoms with Crippen LogP contribution in [0.1, 0.15) is 22.7 Å². The van der Waals surface area contributed by atoms with Gasteiger partial charge in [0.15, 0.2) is 0 Å². The normalized spacial score (nSPS) is 15.5. The van der Waals surface area contributed by atoms with Crippen LogP contribution < -0.4 is 4.72 Å². The molecule has 7 nitrogen and oxygen atoms in total. The Balaban J connectivity index is 1.48. The fourth-order valence-corrected chi connectivity index (χ4v) is 3.80. The maximum Gasteiger partial charge on any atom is 0.209 e. The van der Waals surface area contributed by atoms with Crippen molar-refractivity contribution in [1.29, 1.82) is 0 Å². The molecule has 1 N–H and O–H groups in total. The van der Waals surface area contributed by atoms with Gasteiger partial charge in [0, 0.05) is 18.5 Å². The van der Waals surface area contributed by atoms with E-state index in [-0.39, 0.29) is 6.54 Å². The van der Waals surface area contributed by atoms with E-state index in [1.807, 2.05) is 28.9 Å². The van der Waals surface area contributed by atoms with E-state index in [1.165, 1.54) is 10.9 Å². The highest BCUT2D eigenvalue weighted by Crippen LogP contribution is 2.27. The Hall–Kier alpha value is -2.16. The molecule has 1 aliphatic rings. The van der Waals surface area contributed by atoms with Gasteiger partial charge in [0.2, 0.25) is 10.0 Å². The zero-order chi connectivity index (χ0) is 18.3. The predicted octanol–water partition coefficient (Wildman–Crippen LogP) is 2.00. The van der Waals surface area contributed by atoms with Crippen molar-refractivity contribution in [3.05, 3.63) is 53.0 Å². The van der Waals surface area contributed by atoms with Crippen molar-refractivity contribution in [2.75, 3.05) is 12.8 Å². The maximum atomic E-state index is 11.2. The molecule has 0 fully saturated rings. The Kier molecular flexibility index (Phi) is 4.34. The molecule has 0 saturated carbocycles. The third kappa shape index (κ3) is 3.53. The molecule has 26 heavy (non-hydrogen) atoms. The van der Waals surface area contributed by atoms with Crippen molar-refractivity contribution in [1.82, 2.24) is 19.4 Å². The molecule has 0 bridgehead atoms. The van der Waals surface area contributed by atoms with Crippen LogP contribution in [0.5, 0.6) is 0 Å². The Labute approximate surface area is 152 Å². The van der Waals surface area contributed by atoms with Crippen LogP contribution in [0.25, 0.3) is 11.0 Å². The summed E-state index contributed by atoms with van der Waals surface area (Å²) in [5, 5.41) is 5.65. The number of nitrogens with zero attached hydrogens (tertiary/aromatic N) is 3. The number of fused-ring (bicyclic) bond motifs is 2. The first-order valence-electron chi connectivity index (χ1n) is 8.58. The molecule has 8 heteroatoms. The summed E-state index contributed by atoms with van der Waals surface area (Å²) in [6, 6.07) is 10.1. The van der Waals surface area contributed by atoms with Gasteiger partial charge in [-0.3, -0.25) is 9.58 Å². The lowest BCUT2D eigenvalue weighted by atomic mass is 10.1. The Morgan fingerprint density at radius 1 is 1.27 bits per heavy atom. The van der Waals surface area contributed by atoms with Gasteiger partial charge >= 0.3 is 0 Å². The number of nitrogens with one attached hydrogen (secondary N) is 1. The fraction of sp³-hybridized carbons (Fsp3) is 0.389. The highest BCUT2D eigenvalue weighted by molar-refractivity contribution is 7.88. The third-order valence-electron chi connectivity index (χ3n) is 4.75. The van der Waals surface area contributed by atoms with Crippen LogP contribution in [0, 0.1) is 6.92 Å². The molecule has 3 aromatic rings. The quantitative estimate of drug-likeness (QED) is 0.739. The molecule has 0 unspecified atom stereocenters. The van der Waals surface area contributed by atoms with Gasteiger partial charge in [0.05, 0.1) is 37.3 Å². The van der Waals surface area contributed by atoms with Crippen molar-refractivity contribution >= 4 is 21.0 Å². The first kappa shape index (κ1) is 17.3. The molecule has 0 aliphatic carbocycles. The van der Waals surface area contributed by atoms with Crippen molar-refractivity contribution in [3.8, 4) is 0 Å². The van der Waals surface area contributed by atoms with Gasteiger partial charge < -0.3 is 4.42 Å². The van der Waals surface area contributed by atoms with Gasteiger partial charge in [-0.05, 0) is 24.6 Å². The van der Waals surface area contributed by atoms with Gasteiger partial charge in [-0.1, -0.05) is 18.2 Å². The molecule has 3 heterocycles. The smallest absolute Gasteiger partial charge is 0.209 e. The van der Waals surface area contributed by atoms with Gasteiger partial charge in [0.1, 0.15) is 11.3 Å². The zero-order valence-corrected chi connectivity index (χ0v) is 15.7. The molecule has 4 rings (SSSR count). The van der Waals surface area contributed by atoms with Crippen molar-refractivity contribution in [2.24, 2.45) is 0 Å².